The maximum atomic E-state index is 6.63. The minimum atomic E-state index is 0.880. The molecular formula is C60H37N3O. The Hall–Kier alpha value is -8.60. The van der Waals surface area contributed by atoms with Gasteiger partial charge < -0.3 is 18.1 Å². The van der Waals surface area contributed by atoms with Gasteiger partial charge in [-0.15, -0.1) is 0 Å². The SMILES string of the molecule is c1ccc(-n2c3ccccc3c3cc(-c4ccc5oc6cccc(-c7ccc8c(c7)c7ccc9c%10ccccc%10n(-c%10ccccc%10)c9c7n8-c7ccccc7)c6c5c4)ccc32)cc1. The van der Waals surface area contributed by atoms with Crippen LogP contribution in [-0.4, -0.2) is 13.7 Å². The molecule has 0 aliphatic rings. The highest BCUT2D eigenvalue weighted by molar-refractivity contribution is 6.24. The molecule has 0 saturated heterocycles. The Balaban J connectivity index is 0.986. The van der Waals surface area contributed by atoms with Crippen LogP contribution in [0.4, 0.5) is 0 Å². The fourth-order valence-corrected chi connectivity index (χ4v) is 10.7. The Bertz CT molecular complexity index is 4170. The number of para-hydroxylation sites is 5. The predicted molar refractivity (Wildman–Crippen MR) is 268 cm³/mol. The minimum Gasteiger partial charge on any atom is -0.456 e. The first kappa shape index (κ1) is 35.0. The Labute approximate surface area is 367 Å². The number of hydrogen-bond donors (Lipinski definition) is 0. The summed E-state index contributed by atoms with van der Waals surface area (Å²) in [6.45, 7) is 0. The zero-order chi connectivity index (χ0) is 41.9. The average molecular weight is 816 g/mol. The first-order valence-electron chi connectivity index (χ1n) is 21.9. The number of aromatic nitrogens is 3. The molecule has 4 heterocycles. The van der Waals surface area contributed by atoms with E-state index in [1.54, 1.807) is 0 Å². The van der Waals surface area contributed by atoms with Crippen molar-refractivity contribution in [3.63, 3.8) is 0 Å². The molecule has 0 fully saturated rings. The number of benzene rings is 10. The highest BCUT2D eigenvalue weighted by Gasteiger charge is 2.23. The second kappa shape index (κ2) is 13.4. The van der Waals surface area contributed by atoms with E-state index in [0.29, 0.717) is 0 Å². The van der Waals surface area contributed by atoms with Crippen LogP contribution < -0.4 is 0 Å². The summed E-state index contributed by atoms with van der Waals surface area (Å²) in [5.74, 6) is 0. The summed E-state index contributed by atoms with van der Waals surface area (Å²) in [6.07, 6.45) is 0. The molecule has 0 N–H and O–H groups in total. The largest absolute Gasteiger partial charge is 0.456 e. The van der Waals surface area contributed by atoms with Crippen molar-refractivity contribution in [2.24, 2.45) is 0 Å². The average Bonchev–Trinajstić information content (AvgIpc) is 4.10. The molecule has 0 aliphatic carbocycles. The molecule has 0 saturated carbocycles. The molecule has 298 valence electrons. The van der Waals surface area contributed by atoms with Crippen molar-refractivity contribution in [2.45, 2.75) is 0 Å². The lowest BCUT2D eigenvalue weighted by atomic mass is 9.96. The molecule has 14 aromatic rings. The van der Waals surface area contributed by atoms with Gasteiger partial charge in [0.15, 0.2) is 0 Å². The van der Waals surface area contributed by atoms with Crippen molar-refractivity contribution < 1.29 is 4.42 Å². The molecule has 0 radical (unpaired) electrons. The Morgan fingerprint density at radius 1 is 0.266 bits per heavy atom. The standard InChI is InChI=1S/C60H37N3O/c1-4-15-41(16-5-1)61-52-24-12-11-22-46(52)49-35-38(27-32-54(49)61)39-29-34-56-51(36-39)58-44(23-14-26-57(58)64-56)40-28-33-55-50(37-40)48-31-30-47-45-21-10-13-25-53(45)62(42-17-6-2-7-18-42)59(47)60(48)63(55)43-19-8-3-9-20-43/h1-37H. The maximum absolute atomic E-state index is 6.63. The molecule has 0 bridgehead atoms. The fraction of sp³-hybridized carbons (Fsp3) is 0. The third kappa shape index (κ3) is 4.99. The third-order valence-electron chi connectivity index (χ3n) is 13.4. The second-order valence-electron chi connectivity index (χ2n) is 16.9. The summed E-state index contributed by atoms with van der Waals surface area (Å²) < 4.78 is 13.9. The van der Waals surface area contributed by atoms with Gasteiger partial charge in [-0.05, 0) is 113 Å². The molecule has 0 aliphatic heterocycles. The van der Waals surface area contributed by atoms with Crippen LogP contribution in [0.2, 0.25) is 0 Å². The Morgan fingerprint density at radius 3 is 1.38 bits per heavy atom. The van der Waals surface area contributed by atoms with E-state index in [-0.39, 0.29) is 0 Å². The van der Waals surface area contributed by atoms with E-state index in [1.807, 2.05) is 0 Å². The van der Waals surface area contributed by atoms with Gasteiger partial charge in [0, 0.05) is 60.2 Å². The highest BCUT2D eigenvalue weighted by Crippen LogP contribution is 2.45. The van der Waals surface area contributed by atoms with Crippen molar-refractivity contribution in [3.05, 3.63) is 224 Å². The summed E-state index contributed by atoms with van der Waals surface area (Å²) >= 11 is 0. The molecule has 4 heteroatoms. The van der Waals surface area contributed by atoms with Gasteiger partial charge in [0.2, 0.25) is 0 Å². The molecule has 4 nitrogen and oxygen atoms in total. The molecule has 64 heavy (non-hydrogen) atoms. The predicted octanol–water partition coefficient (Wildman–Crippen LogP) is 16.2. The van der Waals surface area contributed by atoms with E-state index in [0.717, 1.165) is 61.2 Å². The first-order chi connectivity index (χ1) is 31.8. The van der Waals surface area contributed by atoms with E-state index < -0.39 is 0 Å². The van der Waals surface area contributed by atoms with E-state index in [2.05, 4.69) is 238 Å². The van der Waals surface area contributed by atoms with Crippen LogP contribution >= 0.6 is 0 Å². The number of hydrogen-bond acceptors (Lipinski definition) is 1. The van der Waals surface area contributed by atoms with Gasteiger partial charge in [-0.3, -0.25) is 0 Å². The highest BCUT2D eigenvalue weighted by atomic mass is 16.3. The van der Waals surface area contributed by atoms with Crippen LogP contribution in [0.3, 0.4) is 0 Å². The van der Waals surface area contributed by atoms with Gasteiger partial charge in [-0.2, -0.15) is 0 Å². The summed E-state index contributed by atoms with van der Waals surface area (Å²) in [7, 11) is 0. The van der Waals surface area contributed by atoms with Gasteiger partial charge in [0.05, 0.1) is 33.1 Å². The van der Waals surface area contributed by atoms with Crippen molar-refractivity contribution in [3.8, 4) is 39.3 Å². The summed E-state index contributed by atoms with van der Waals surface area (Å²) in [6, 6.07) is 81.4. The van der Waals surface area contributed by atoms with Crippen molar-refractivity contribution in [1.29, 1.82) is 0 Å². The molecule has 0 spiro atoms. The van der Waals surface area contributed by atoms with Crippen molar-refractivity contribution in [1.82, 2.24) is 13.7 Å². The Morgan fingerprint density at radius 2 is 0.719 bits per heavy atom. The Kier molecular flexibility index (Phi) is 7.36. The van der Waals surface area contributed by atoms with Gasteiger partial charge in [-0.25, -0.2) is 0 Å². The number of fused-ring (bicyclic) bond motifs is 13. The van der Waals surface area contributed by atoms with Crippen LogP contribution in [0.15, 0.2) is 229 Å². The van der Waals surface area contributed by atoms with Crippen LogP contribution in [0.25, 0.3) is 127 Å². The molecule has 4 aromatic heterocycles. The van der Waals surface area contributed by atoms with Gasteiger partial charge >= 0.3 is 0 Å². The third-order valence-corrected chi connectivity index (χ3v) is 13.4. The number of rotatable bonds is 5. The first-order valence-corrected chi connectivity index (χ1v) is 21.9. The zero-order valence-corrected chi connectivity index (χ0v) is 34.6. The summed E-state index contributed by atoms with van der Waals surface area (Å²) in [4.78, 5) is 0. The van der Waals surface area contributed by atoms with E-state index in [1.165, 1.54) is 65.5 Å². The molecule has 0 amide bonds. The summed E-state index contributed by atoms with van der Waals surface area (Å²) in [5, 5.41) is 9.60. The maximum Gasteiger partial charge on any atom is 0.136 e. The van der Waals surface area contributed by atoms with Gasteiger partial charge in [0.25, 0.3) is 0 Å². The lowest BCUT2D eigenvalue weighted by Crippen LogP contribution is -1.98. The fourth-order valence-electron chi connectivity index (χ4n) is 10.7. The van der Waals surface area contributed by atoms with E-state index in [4.69, 9.17) is 4.42 Å². The quantitative estimate of drug-likeness (QED) is 0.170. The van der Waals surface area contributed by atoms with Crippen LogP contribution in [0.5, 0.6) is 0 Å². The van der Waals surface area contributed by atoms with Crippen molar-refractivity contribution in [2.75, 3.05) is 0 Å². The van der Waals surface area contributed by atoms with Crippen LogP contribution in [0.1, 0.15) is 0 Å². The molecule has 10 aromatic carbocycles. The van der Waals surface area contributed by atoms with Gasteiger partial charge in [0.1, 0.15) is 11.2 Å². The van der Waals surface area contributed by atoms with Crippen LogP contribution in [0, 0.1) is 0 Å². The smallest absolute Gasteiger partial charge is 0.136 e. The molecule has 0 unspecified atom stereocenters. The second-order valence-corrected chi connectivity index (χ2v) is 16.9. The normalized spacial score (nSPS) is 12.1. The van der Waals surface area contributed by atoms with Crippen LogP contribution in [-0.2, 0) is 0 Å². The van der Waals surface area contributed by atoms with E-state index in [9.17, 15) is 0 Å². The minimum absolute atomic E-state index is 0.880. The van der Waals surface area contributed by atoms with Gasteiger partial charge in [-0.1, -0.05) is 133 Å². The lowest BCUT2D eigenvalue weighted by molar-refractivity contribution is 0.669. The number of nitrogens with zero attached hydrogens (tertiary/aromatic N) is 3. The topological polar surface area (TPSA) is 27.9 Å². The summed E-state index contributed by atoms with van der Waals surface area (Å²) in [5.41, 5.74) is 17.0. The zero-order valence-electron chi connectivity index (χ0n) is 34.6. The number of furan rings is 1. The molecule has 14 rings (SSSR count). The van der Waals surface area contributed by atoms with E-state index >= 15 is 0 Å². The molecular weight excluding hydrogens is 779 g/mol. The van der Waals surface area contributed by atoms with Crippen molar-refractivity contribution >= 4 is 87.4 Å². The lowest BCUT2D eigenvalue weighted by Gasteiger charge is -2.12. The monoisotopic (exact) mass is 815 g/mol. The molecule has 0 atom stereocenters.